The summed E-state index contributed by atoms with van der Waals surface area (Å²) in [4.78, 5) is 41.4. The highest BCUT2D eigenvalue weighted by Gasteiger charge is 2.67. The van der Waals surface area contributed by atoms with E-state index in [2.05, 4.69) is 17.4 Å². The Morgan fingerprint density at radius 2 is 1.69 bits per heavy atom. The Balaban J connectivity index is 1.38. The molecule has 0 aromatic heterocycles. The largest absolute Gasteiger partial charge is 0.507 e. The number of fused-ring (bicyclic) bond motifs is 3. The number of likely N-dealkylation sites (N-methyl/N-ethyl adjacent to an activating group) is 1. The van der Waals surface area contributed by atoms with Crippen molar-refractivity contribution in [3.63, 3.8) is 0 Å². The number of Topliss-reactive ketones (excluding diaryl/α,β-unsaturated/α-hetero) is 2. The molecule has 7 N–H and O–H groups in total. The first kappa shape index (κ1) is 30.7. The molecule has 2 unspecified atom stereocenters. The lowest BCUT2D eigenvalue weighted by molar-refractivity contribution is -0.184. The number of phenols is 1. The SMILES string of the molecule is CN(C)[C@H]1C(O)C(C(N)=O)C(=O)[C@]2(O)C(=O)C3=C(O)c4c(O)ccc(-c5cccc(CNCc6ccccc6)c5)c4C[C@@H]3C[C@H]12. The number of aromatic hydroxyl groups is 1. The van der Waals surface area contributed by atoms with E-state index in [0.717, 1.165) is 16.7 Å². The molecule has 3 aromatic rings. The quantitative estimate of drug-likeness (QED) is 0.219. The Bertz CT molecular complexity index is 1720. The summed E-state index contributed by atoms with van der Waals surface area (Å²) < 4.78 is 0. The van der Waals surface area contributed by atoms with Gasteiger partial charge in [-0.15, -0.1) is 0 Å². The standard InChI is InChI=1S/C35H37N3O7/c1-38(2)29-24-15-21-14-23-22(20-10-6-9-19(13-20)17-37-16-18-7-4-3-5-8-18)11-12-25(39)27(23)30(40)26(21)32(42)35(24,45)33(43)28(31(29)41)34(36)44/h3-13,21,24,28-29,31,37,39-41,45H,14-17H2,1-2H3,(H2,36,44)/t21-,24-,28?,29-,31?,35-/m1/s1. The second kappa shape index (κ2) is 11.5. The van der Waals surface area contributed by atoms with Gasteiger partial charge in [0.1, 0.15) is 17.4 Å². The Morgan fingerprint density at radius 3 is 2.38 bits per heavy atom. The Kier molecular flexibility index (Phi) is 7.86. The Labute approximate surface area is 260 Å². The van der Waals surface area contributed by atoms with Gasteiger partial charge in [-0.2, -0.15) is 0 Å². The van der Waals surface area contributed by atoms with Gasteiger partial charge in [0.15, 0.2) is 11.4 Å². The summed E-state index contributed by atoms with van der Waals surface area (Å²) in [6, 6.07) is 20.3. The van der Waals surface area contributed by atoms with Gasteiger partial charge < -0.3 is 36.4 Å². The molecular formula is C35H37N3O7. The second-order valence-corrected chi connectivity index (χ2v) is 12.6. The molecule has 0 aliphatic heterocycles. The maximum atomic E-state index is 14.1. The number of hydrogen-bond donors (Lipinski definition) is 6. The van der Waals surface area contributed by atoms with E-state index in [1.54, 1.807) is 25.1 Å². The third kappa shape index (κ3) is 4.94. The van der Waals surface area contributed by atoms with Crippen LogP contribution in [-0.2, 0) is 33.9 Å². The van der Waals surface area contributed by atoms with E-state index in [4.69, 9.17) is 5.73 Å². The Hall–Kier alpha value is -4.35. The third-order valence-electron chi connectivity index (χ3n) is 9.71. The number of rotatable bonds is 7. The van der Waals surface area contributed by atoms with Crippen LogP contribution in [0.1, 0.15) is 28.7 Å². The smallest absolute Gasteiger partial charge is 0.230 e. The lowest BCUT2D eigenvalue weighted by atomic mass is 9.54. The summed E-state index contributed by atoms with van der Waals surface area (Å²) >= 11 is 0. The first-order chi connectivity index (χ1) is 21.4. The highest BCUT2D eigenvalue weighted by atomic mass is 16.3. The normalized spacial score (nSPS) is 27.6. The number of ketones is 2. The van der Waals surface area contributed by atoms with Crippen molar-refractivity contribution in [1.82, 2.24) is 10.2 Å². The van der Waals surface area contributed by atoms with Crippen molar-refractivity contribution in [3.8, 4) is 16.9 Å². The number of hydrogen-bond acceptors (Lipinski definition) is 9. The van der Waals surface area contributed by atoms with Gasteiger partial charge >= 0.3 is 0 Å². The highest BCUT2D eigenvalue weighted by Crippen LogP contribution is 2.53. The lowest BCUT2D eigenvalue weighted by Crippen LogP contribution is -2.73. The molecule has 234 valence electrons. The number of aliphatic hydroxyl groups excluding tert-OH is 2. The highest BCUT2D eigenvalue weighted by molar-refractivity contribution is 6.25. The maximum absolute atomic E-state index is 14.1. The number of aliphatic hydroxyl groups is 3. The molecule has 0 heterocycles. The number of benzene rings is 3. The van der Waals surface area contributed by atoms with Gasteiger partial charge in [0, 0.05) is 30.6 Å². The number of nitrogens with zero attached hydrogens (tertiary/aromatic N) is 1. The average molecular weight is 612 g/mol. The minimum Gasteiger partial charge on any atom is -0.507 e. The predicted octanol–water partition coefficient (Wildman–Crippen LogP) is 2.09. The molecule has 10 nitrogen and oxygen atoms in total. The monoisotopic (exact) mass is 611 g/mol. The van der Waals surface area contributed by atoms with E-state index in [0.29, 0.717) is 18.7 Å². The van der Waals surface area contributed by atoms with Crippen molar-refractivity contribution in [3.05, 3.63) is 94.6 Å². The van der Waals surface area contributed by atoms with Gasteiger partial charge in [-0.25, -0.2) is 0 Å². The topological polar surface area (TPSA) is 173 Å². The van der Waals surface area contributed by atoms with Crippen LogP contribution < -0.4 is 11.1 Å². The fraction of sp³-hybridized carbons (Fsp3) is 0.343. The molecule has 0 saturated heterocycles. The van der Waals surface area contributed by atoms with E-state index in [1.807, 2.05) is 42.5 Å². The van der Waals surface area contributed by atoms with E-state index in [-0.39, 0.29) is 29.7 Å². The Morgan fingerprint density at radius 1 is 1.00 bits per heavy atom. The molecule has 0 spiro atoms. The summed E-state index contributed by atoms with van der Waals surface area (Å²) in [7, 11) is 3.26. The minimum atomic E-state index is -2.68. The van der Waals surface area contributed by atoms with Gasteiger partial charge in [0.2, 0.25) is 11.7 Å². The van der Waals surface area contributed by atoms with E-state index in [1.165, 1.54) is 11.6 Å². The van der Waals surface area contributed by atoms with Crippen LogP contribution in [0, 0.1) is 17.8 Å². The van der Waals surface area contributed by atoms with Crippen LogP contribution in [0.15, 0.2) is 72.3 Å². The number of carbonyl (C=O) groups excluding carboxylic acids is 3. The molecule has 3 aromatic carbocycles. The van der Waals surface area contributed by atoms with Crippen molar-refractivity contribution in [2.75, 3.05) is 14.1 Å². The molecule has 6 rings (SSSR count). The fourth-order valence-electron chi connectivity index (χ4n) is 7.67. The van der Waals surface area contributed by atoms with E-state index >= 15 is 0 Å². The van der Waals surface area contributed by atoms with Crippen molar-refractivity contribution in [2.45, 2.75) is 43.7 Å². The van der Waals surface area contributed by atoms with Crippen LogP contribution in [0.3, 0.4) is 0 Å². The van der Waals surface area contributed by atoms with Gasteiger partial charge in [-0.05, 0) is 72.8 Å². The average Bonchev–Trinajstić information content (AvgIpc) is 2.99. The number of amides is 1. The fourth-order valence-corrected chi connectivity index (χ4v) is 7.67. The molecule has 0 radical (unpaired) electrons. The summed E-state index contributed by atoms with van der Waals surface area (Å²) in [6.45, 7) is 1.32. The van der Waals surface area contributed by atoms with E-state index < -0.39 is 58.7 Å². The molecule has 2 fully saturated rings. The molecule has 2 saturated carbocycles. The molecule has 3 aliphatic rings. The summed E-state index contributed by atoms with van der Waals surface area (Å²) in [5, 5.41) is 48.8. The lowest BCUT2D eigenvalue weighted by Gasteiger charge is -2.53. The van der Waals surface area contributed by atoms with Crippen LogP contribution in [0.25, 0.3) is 16.9 Å². The summed E-state index contributed by atoms with van der Waals surface area (Å²) in [6.07, 6.45) is -1.23. The van der Waals surface area contributed by atoms with Crippen LogP contribution in [0.2, 0.25) is 0 Å². The second-order valence-electron chi connectivity index (χ2n) is 12.6. The third-order valence-corrected chi connectivity index (χ3v) is 9.71. The molecule has 10 heteroatoms. The zero-order chi connectivity index (χ0) is 32.2. The summed E-state index contributed by atoms with van der Waals surface area (Å²) in [5.74, 6) is -7.59. The first-order valence-corrected chi connectivity index (χ1v) is 15.0. The predicted molar refractivity (Wildman–Crippen MR) is 167 cm³/mol. The molecule has 6 atom stereocenters. The molecule has 45 heavy (non-hydrogen) atoms. The van der Waals surface area contributed by atoms with Crippen molar-refractivity contribution < 1.29 is 34.8 Å². The number of nitrogens with two attached hydrogens (primary N) is 1. The number of primary amides is 1. The van der Waals surface area contributed by atoms with Crippen LogP contribution in [-0.4, -0.2) is 74.6 Å². The van der Waals surface area contributed by atoms with Crippen LogP contribution in [0.5, 0.6) is 5.75 Å². The van der Waals surface area contributed by atoms with Crippen LogP contribution >= 0.6 is 0 Å². The summed E-state index contributed by atoms with van der Waals surface area (Å²) in [5.41, 5.74) is 7.14. The van der Waals surface area contributed by atoms with Gasteiger partial charge in [-0.3, -0.25) is 14.4 Å². The van der Waals surface area contributed by atoms with Crippen molar-refractivity contribution >= 4 is 23.2 Å². The molecule has 3 aliphatic carbocycles. The van der Waals surface area contributed by atoms with E-state index in [9.17, 15) is 34.8 Å². The van der Waals surface area contributed by atoms with Crippen LogP contribution in [0.4, 0.5) is 0 Å². The molecular weight excluding hydrogens is 574 g/mol. The first-order valence-electron chi connectivity index (χ1n) is 15.0. The minimum absolute atomic E-state index is 0.0662. The van der Waals surface area contributed by atoms with Crippen molar-refractivity contribution in [1.29, 1.82) is 0 Å². The van der Waals surface area contributed by atoms with Gasteiger partial charge in [-0.1, -0.05) is 54.6 Å². The number of nitrogens with one attached hydrogen (secondary N) is 1. The number of phenolic OH excluding ortho intramolecular Hbond substituents is 1. The zero-order valence-corrected chi connectivity index (χ0v) is 25.1. The maximum Gasteiger partial charge on any atom is 0.230 e. The number of carbonyl (C=O) groups is 3. The zero-order valence-electron chi connectivity index (χ0n) is 25.1. The van der Waals surface area contributed by atoms with Crippen molar-refractivity contribution in [2.24, 2.45) is 23.5 Å². The molecule has 0 bridgehead atoms. The molecule has 1 amide bonds. The van der Waals surface area contributed by atoms with Gasteiger partial charge in [0.05, 0.1) is 11.7 Å². The van der Waals surface area contributed by atoms with Gasteiger partial charge in [0.25, 0.3) is 0 Å².